The van der Waals surface area contributed by atoms with Crippen LogP contribution in [-0.4, -0.2) is 29.0 Å². The van der Waals surface area contributed by atoms with Gasteiger partial charge in [-0.05, 0) is 55.7 Å². The molecule has 1 aliphatic rings. The second-order valence-electron chi connectivity index (χ2n) is 7.41. The number of carbonyl (C=O) groups is 1. The van der Waals surface area contributed by atoms with E-state index < -0.39 is 0 Å². The standard InChI is InChI=1S/C23H24FN5O/c1-16-14-21(28-23(25-16)29-12-4-5-13-29)26-18-8-10-19(11-9-18)27-22(30)15-17-6-2-3-7-20(17)24/h2-3,6-11,14H,4-5,12-13,15H2,1H3,(H,27,30)(H,25,26,28). The van der Waals surface area contributed by atoms with Gasteiger partial charge in [-0.3, -0.25) is 4.79 Å². The summed E-state index contributed by atoms with van der Waals surface area (Å²) in [6.45, 7) is 3.94. The van der Waals surface area contributed by atoms with Crippen LogP contribution < -0.4 is 15.5 Å². The Morgan fingerprint density at radius 2 is 1.73 bits per heavy atom. The predicted molar refractivity (Wildman–Crippen MR) is 117 cm³/mol. The van der Waals surface area contributed by atoms with Crippen LogP contribution in [0.15, 0.2) is 54.6 Å². The fourth-order valence-electron chi connectivity index (χ4n) is 3.48. The number of aromatic nitrogens is 2. The largest absolute Gasteiger partial charge is 0.341 e. The number of hydrogen-bond donors (Lipinski definition) is 2. The SMILES string of the molecule is Cc1cc(Nc2ccc(NC(=O)Cc3ccccc3F)cc2)nc(N2CCCC2)n1. The Hall–Kier alpha value is -3.48. The molecular formula is C23H24FN5O. The van der Waals surface area contributed by atoms with E-state index in [2.05, 4.69) is 25.5 Å². The molecule has 0 bridgehead atoms. The highest BCUT2D eigenvalue weighted by Crippen LogP contribution is 2.22. The van der Waals surface area contributed by atoms with Gasteiger partial charge in [-0.1, -0.05) is 18.2 Å². The van der Waals surface area contributed by atoms with Gasteiger partial charge in [0.25, 0.3) is 0 Å². The molecule has 2 heterocycles. The zero-order valence-electron chi connectivity index (χ0n) is 16.9. The number of hydrogen-bond acceptors (Lipinski definition) is 5. The molecule has 0 saturated carbocycles. The Bertz CT molecular complexity index is 1030. The lowest BCUT2D eigenvalue weighted by atomic mass is 10.1. The minimum atomic E-state index is -0.374. The highest BCUT2D eigenvalue weighted by atomic mass is 19.1. The van der Waals surface area contributed by atoms with E-state index in [1.54, 1.807) is 30.3 Å². The molecule has 2 aromatic carbocycles. The Labute approximate surface area is 175 Å². The Kier molecular flexibility index (Phi) is 5.88. The summed E-state index contributed by atoms with van der Waals surface area (Å²) in [5.41, 5.74) is 2.79. The van der Waals surface area contributed by atoms with E-state index in [4.69, 9.17) is 0 Å². The molecule has 1 aromatic heterocycles. The molecule has 154 valence electrons. The summed E-state index contributed by atoms with van der Waals surface area (Å²) in [6, 6.07) is 15.5. The molecule has 30 heavy (non-hydrogen) atoms. The number of amides is 1. The maximum atomic E-state index is 13.7. The van der Waals surface area contributed by atoms with Crippen molar-refractivity contribution in [2.45, 2.75) is 26.2 Å². The summed E-state index contributed by atoms with van der Waals surface area (Å²) in [7, 11) is 0. The second-order valence-corrected chi connectivity index (χ2v) is 7.41. The van der Waals surface area contributed by atoms with Crippen LogP contribution in [0.5, 0.6) is 0 Å². The number of nitrogens with one attached hydrogen (secondary N) is 2. The Balaban J connectivity index is 1.39. The summed E-state index contributed by atoms with van der Waals surface area (Å²) in [5, 5.41) is 6.09. The molecule has 4 rings (SSSR count). The number of halogens is 1. The normalized spacial score (nSPS) is 13.3. The molecule has 3 aromatic rings. The summed E-state index contributed by atoms with van der Waals surface area (Å²) in [4.78, 5) is 23.6. The number of carbonyl (C=O) groups excluding carboxylic acids is 1. The van der Waals surface area contributed by atoms with Crippen molar-refractivity contribution in [3.05, 3.63) is 71.7 Å². The first-order valence-electron chi connectivity index (χ1n) is 10.1. The van der Waals surface area contributed by atoms with Gasteiger partial charge in [-0.15, -0.1) is 0 Å². The van der Waals surface area contributed by atoms with Crippen molar-refractivity contribution < 1.29 is 9.18 Å². The van der Waals surface area contributed by atoms with Crippen molar-refractivity contribution in [2.75, 3.05) is 28.6 Å². The minimum absolute atomic E-state index is 0.00777. The van der Waals surface area contributed by atoms with Gasteiger partial charge in [0.05, 0.1) is 6.42 Å². The number of benzene rings is 2. The third-order valence-corrected chi connectivity index (χ3v) is 4.98. The molecule has 0 spiro atoms. The summed E-state index contributed by atoms with van der Waals surface area (Å²) in [6.07, 6.45) is 2.33. The molecule has 1 aliphatic heterocycles. The third-order valence-electron chi connectivity index (χ3n) is 4.98. The molecule has 0 unspecified atom stereocenters. The van der Waals surface area contributed by atoms with E-state index in [-0.39, 0.29) is 18.1 Å². The lowest BCUT2D eigenvalue weighted by Gasteiger charge is -2.17. The van der Waals surface area contributed by atoms with Gasteiger partial charge >= 0.3 is 0 Å². The Morgan fingerprint density at radius 1 is 1.03 bits per heavy atom. The number of aryl methyl sites for hydroxylation is 1. The van der Waals surface area contributed by atoms with Crippen molar-refractivity contribution in [3.63, 3.8) is 0 Å². The average Bonchev–Trinajstić information content (AvgIpc) is 3.26. The first-order valence-corrected chi connectivity index (χ1v) is 10.1. The highest BCUT2D eigenvalue weighted by Gasteiger charge is 2.16. The summed E-state index contributed by atoms with van der Waals surface area (Å²) >= 11 is 0. The maximum absolute atomic E-state index is 13.7. The van der Waals surface area contributed by atoms with Crippen LogP contribution in [0, 0.1) is 12.7 Å². The van der Waals surface area contributed by atoms with E-state index in [0.29, 0.717) is 11.3 Å². The fraction of sp³-hybridized carbons (Fsp3) is 0.261. The van der Waals surface area contributed by atoms with E-state index in [1.807, 2.05) is 25.1 Å². The van der Waals surface area contributed by atoms with Crippen LogP contribution in [0.4, 0.5) is 27.5 Å². The molecule has 1 amide bonds. The molecule has 6 nitrogen and oxygen atoms in total. The van der Waals surface area contributed by atoms with Gasteiger partial charge in [0.1, 0.15) is 11.6 Å². The monoisotopic (exact) mass is 405 g/mol. The van der Waals surface area contributed by atoms with Gasteiger partial charge in [-0.2, -0.15) is 4.98 Å². The molecule has 7 heteroatoms. The smallest absolute Gasteiger partial charge is 0.228 e. The molecule has 0 aliphatic carbocycles. The quantitative estimate of drug-likeness (QED) is 0.634. The van der Waals surface area contributed by atoms with E-state index in [1.165, 1.54) is 18.9 Å². The maximum Gasteiger partial charge on any atom is 0.228 e. The van der Waals surface area contributed by atoms with Crippen LogP contribution >= 0.6 is 0 Å². The van der Waals surface area contributed by atoms with E-state index in [0.717, 1.165) is 36.2 Å². The van der Waals surface area contributed by atoms with Gasteiger partial charge in [0, 0.05) is 36.2 Å². The highest BCUT2D eigenvalue weighted by molar-refractivity contribution is 5.92. The average molecular weight is 405 g/mol. The number of nitrogens with zero attached hydrogens (tertiary/aromatic N) is 3. The minimum Gasteiger partial charge on any atom is -0.341 e. The van der Waals surface area contributed by atoms with Gasteiger partial charge in [-0.25, -0.2) is 9.37 Å². The predicted octanol–water partition coefficient (Wildman–Crippen LogP) is 4.45. The zero-order valence-corrected chi connectivity index (χ0v) is 16.9. The van der Waals surface area contributed by atoms with Crippen molar-refractivity contribution in [2.24, 2.45) is 0 Å². The van der Waals surface area contributed by atoms with Crippen LogP contribution in [0.2, 0.25) is 0 Å². The third kappa shape index (κ3) is 4.92. The first kappa shape index (κ1) is 19.8. The van der Waals surface area contributed by atoms with Gasteiger partial charge < -0.3 is 15.5 Å². The van der Waals surface area contributed by atoms with Crippen LogP contribution in [0.3, 0.4) is 0 Å². The van der Waals surface area contributed by atoms with Crippen molar-refractivity contribution in [1.82, 2.24) is 9.97 Å². The molecule has 2 N–H and O–H groups in total. The van der Waals surface area contributed by atoms with Crippen LogP contribution in [-0.2, 0) is 11.2 Å². The van der Waals surface area contributed by atoms with Crippen molar-refractivity contribution in [1.29, 1.82) is 0 Å². The molecule has 0 radical (unpaired) electrons. The van der Waals surface area contributed by atoms with E-state index in [9.17, 15) is 9.18 Å². The first-order chi connectivity index (χ1) is 14.6. The second kappa shape index (κ2) is 8.90. The van der Waals surface area contributed by atoms with E-state index >= 15 is 0 Å². The summed E-state index contributed by atoms with van der Waals surface area (Å²) in [5.74, 6) is 0.857. The van der Waals surface area contributed by atoms with Crippen molar-refractivity contribution >= 4 is 29.0 Å². The number of rotatable bonds is 6. The molecule has 1 fully saturated rings. The molecule has 1 saturated heterocycles. The lowest BCUT2D eigenvalue weighted by Crippen LogP contribution is -2.21. The Morgan fingerprint density at radius 3 is 2.47 bits per heavy atom. The fourth-order valence-corrected chi connectivity index (χ4v) is 3.48. The zero-order chi connectivity index (χ0) is 20.9. The lowest BCUT2D eigenvalue weighted by molar-refractivity contribution is -0.115. The van der Waals surface area contributed by atoms with Gasteiger partial charge in [0.2, 0.25) is 11.9 Å². The van der Waals surface area contributed by atoms with Crippen molar-refractivity contribution in [3.8, 4) is 0 Å². The van der Waals surface area contributed by atoms with Crippen LogP contribution in [0.1, 0.15) is 24.1 Å². The van der Waals surface area contributed by atoms with Gasteiger partial charge in [0.15, 0.2) is 0 Å². The molecule has 0 atom stereocenters. The number of anilines is 4. The van der Waals surface area contributed by atoms with Crippen LogP contribution in [0.25, 0.3) is 0 Å². The molecular weight excluding hydrogens is 381 g/mol. The topological polar surface area (TPSA) is 70.2 Å². The summed E-state index contributed by atoms with van der Waals surface area (Å²) < 4.78 is 13.7.